The molecule has 3 heterocycles. The Kier molecular flexibility index (Phi) is 5.26. The molecular formula is C19H16F3N5O2. The Bertz CT molecular complexity index is 1130. The second-order valence-electron chi connectivity index (χ2n) is 6.32. The van der Waals surface area contributed by atoms with Gasteiger partial charge in [0.2, 0.25) is 0 Å². The van der Waals surface area contributed by atoms with Crippen molar-refractivity contribution < 1.29 is 22.7 Å². The van der Waals surface area contributed by atoms with Crippen LogP contribution in [0.2, 0.25) is 0 Å². The van der Waals surface area contributed by atoms with E-state index in [1.54, 1.807) is 22.7 Å². The Morgan fingerprint density at radius 2 is 2.14 bits per heavy atom. The molecule has 0 aliphatic rings. The number of methoxy groups -OCH3 is 1. The lowest BCUT2D eigenvalue weighted by molar-refractivity contribution is -0.142. The van der Waals surface area contributed by atoms with Crippen molar-refractivity contribution in [2.75, 3.05) is 7.11 Å². The van der Waals surface area contributed by atoms with Crippen LogP contribution in [-0.4, -0.2) is 33.5 Å². The zero-order valence-corrected chi connectivity index (χ0v) is 15.5. The van der Waals surface area contributed by atoms with Gasteiger partial charge in [0.25, 0.3) is 0 Å². The molecule has 0 bridgehead atoms. The highest BCUT2D eigenvalue weighted by Crippen LogP contribution is 2.38. The number of aryl methyl sites for hydroxylation is 1. The fourth-order valence-electron chi connectivity index (χ4n) is 3.02. The molecule has 0 aliphatic carbocycles. The van der Waals surface area contributed by atoms with Crippen LogP contribution in [0.25, 0.3) is 16.9 Å². The van der Waals surface area contributed by atoms with E-state index in [0.717, 1.165) is 6.07 Å². The highest BCUT2D eigenvalue weighted by molar-refractivity contribution is 5.79. The molecule has 3 aromatic heterocycles. The summed E-state index contributed by atoms with van der Waals surface area (Å²) in [5, 5.41) is 9.07. The predicted molar refractivity (Wildman–Crippen MR) is 96.6 cm³/mol. The van der Waals surface area contributed by atoms with Gasteiger partial charge < -0.3 is 14.9 Å². The highest BCUT2D eigenvalue weighted by atomic mass is 19.4. The number of ether oxygens (including phenoxy) is 1. The van der Waals surface area contributed by atoms with E-state index in [-0.39, 0.29) is 34.6 Å². The molecule has 0 amide bonds. The number of fused-ring (bicyclic) bond motifs is 1. The molecule has 0 aliphatic heterocycles. The number of nitriles is 1. The minimum atomic E-state index is -4.71. The normalized spacial score (nSPS) is 12.6. The first-order chi connectivity index (χ1) is 13.7. The first kappa shape index (κ1) is 20.3. The van der Waals surface area contributed by atoms with Gasteiger partial charge in [0.05, 0.1) is 29.6 Å². The molecule has 29 heavy (non-hydrogen) atoms. The van der Waals surface area contributed by atoms with Crippen LogP contribution in [-0.2, 0) is 22.1 Å². The standard InChI is InChI=1S/C19H16F3N5O2/c1-10-11(9-23)7-14(19(20,21)22)16(26-10)13-4-3-12(8-15(24)18(28)29-2)27-6-5-25-17(13)27/h3-7,15H,8,24H2,1-2H3/t15-/m0/s1. The van der Waals surface area contributed by atoms with Gasteiger partial charge in [-0.15, -0.1) is 0 Å². The minimum absolute atomic E-state index is 0.103. The SMILES string of the molecule is COC(=O)[C@@H](N)Cc1ccc(-c2nc(C)c(C#N)cc2C(F)(F)F)c2nccn12. The quantitative estimate of drug-likeness (QED) is 0.672. The average molecular weight is 403 g/mol. The molecule has 0 unspecified atom stereocenters. The molecule has 0 radical (unpaired) electrons. The first-order valence-corrected chi connectivity index (χ1v) is 8.45. The van der Waals surface area contributed by atoms with Gasteiger partial charge in [-0.2, -0.15) is 18.4 Å². The zero-order valence-electron chi connectivity index (χ0n) is 15.5. The molecule has 1 atom stereocenters. The largest absolute Gasteiger partial charge is 0.468 e. The lowest BCUT2D eigenvalue weighted by atomic mass is 10.0. The van der Waals surface area contributed by atoms with Gasteiger partial charge in [-0.3, -0.25) is 9.78 Å². The average Bonchev–Trinajstić information content (AvgIpc) is 3.16. The van der Waals surface area contributed by atoms with E-state index < -0.39 is 23.8 Å². The number of hydrogen-bond donors (Lipinski definition) is 1. The molecule has 0 saturated carbocycles. The Morgan fingerprint density at radius 1 is 1.41 bits per heavy atom. The molecule has 7 nitrogen and oxygen atoms in total. The van der Waals surface area contributed by atoms with Gasteiger partial charge in [-0.1, -0.05) is 0 Å². The third-order valence-electron chi connectivity index (χ3n) is 4.46. The summed E-state index contributed by atoms with van der Waals surface area (Å²) >= 11 is 0. The van der Waals surface area contributed by atoms with Crippen molar-refractivity contribution in [2.45, 2.75) is 25.6 Å². The third kappa shape index (κ3) is 3.77. The third-order valence-corrected chi connectivity index (χ3v) is 4.46. The van der Waals surface area contributed by atoms with E-state index in [4.69, 9.17) is 11.0 Å². The van der Waals surface area contributed by atoms with Crippen molar-refractivity contribution in [3.63, 3.8) is 0 Å². The zero-order chi connectivity index (χ0) is 21.3. The number of hydrogen-bond acceptors (Lipinski definition) is 6. The van der Waals surface area contributed by atoms with Gasteiger partial charge in [0.1, 0.15) is 17.8 Å². The summed E-state index contributed by atoms with van der Waals surface area (Å²) in [5.74, 6) is -0.605. The van der Waals surface area contributed by atoms with E-state index >= 15 is 0 Å². The second kappa shape index (κ2) is 7.52. The number of pyridine rings is 2. The Morgan fingerprint density at radius 3 is 2.76 bits per heavy atom. The predicted octanol–water partition coefficient (Wildman–Crippen LogP) is 2.64. The van der Waals surface area contributed by atoms with E-state index in [9.17, 15) is 18.0 Å². The maximum Gasteiger partial charge on any atom is 0.418 e. The van der Waals surface area contributed by atoms with Crippen LogP contribution in [0.15, 0.2) is 30.6 Å². The fourth-order valence-corrected chi connectivity index (χ4v) is 3.02. The topological polar surface area (TPSA) is 106 Å². The smallest absolute Gasteiger partial charge is 0.418 e. The van der Waals surface area contributed by atoms with Crippen LogP contribution in [0.4, 0.5) is 13.2 Å². The Labute approximate surface area is 163 Å². The van der Waals surface area contributed by atoms with Crippen molar-refractivity contribution in [1.82, 2.24) is 14.4 Å². The maximum absolute atomic E-state index is 13.6. The monoisotopic (exact) mass is 403 g/mol. The molecule has 0 saturated heterocycles. The lowest BCUT2D eigenvalue weighted by Crippen LogP contribution is -2.34. The maximum atomic E-state index is 13.6. The number of nitrogens with two attached hydrogens (primary N) is 1. The van der Waals surface area contributed by atoms with Crippen LogP contribution < -0.4 is 5.73 Å². The summed E-state index contributed by atoms with van der Waals surface area (Å²) in [6, 6.07) is 4.59. The van der Waals surface area contributed by atoms with Crippen LogP contribution >= 0.6 is 0 Å². The summed E-state index contributed by atoms with van der Waals surface area (Å²) in [4.78, 5) is 19.8. The number of alkyl halides is 3. The summed E-state index contributed by atoms with van der Waals surface area (Å²) in [5.41, 5.74) is 5.41. The number of esters is 1. The van der Waals surface area contributed by atoms with Crippen molar-refractivity contribution in [3.8, 4) is 17.3 Å². The van der Waals surface area contributed by atoms with Crippen LogP contribution in [0, 0.1) is 18.3 Å². The fraction of sp³-hybridized carbons (Fsp3) is 0.263. The number of halogens is 3. The number of rotatable bonds is 4. The molecular weight excluding hydrogens is 387 g/mol. The highest BCUT2D eigenvalue weighted by Gasteiger charge is 2.36. The Hall–Kier alpha value is -3.45. The molecule has 10 heteroatoms. The van der Waals surface area contributed by atoms with Crippen LogP contribution in [0.5, 0.6) is 0 Å². The Balaban J connectivity index is 2.19. The summed E-state index contributed by atoms with van der Waals surface area (Å²) < 4.78 is 47.1. The minimum Gasteiger partial charge on any atom is -0.468 e. The molecule has 3 aromatic rings. The van der Waals surface area contributed by atoms with Gasteiger partial charge >= 0.3 is 12.1 Å². The molecule has 150 valence electrons. The van der Waals surface area contributed by atoms with Gasteiger partial charge in [-0.25, -0.2) is 4.98 Å². The second-order valence-corrected chi connectivity index (χ2v) is 6.32. The van der Waals surface area contributed by atoms with Crippen LogP contribution in [0.1, 0.15) is 22.5 Å². The lowest BCUT2D eigenvalue weighted by Gasteiger charge is -2.16. The van der Waals surface area contributed by atoms with E-state index in [1.165, 1.54) is 26.3 Å². The molecule has 2 N–H and O–H groups in total. The van der Waals surface area contributed by atoms with Gasteiger partial charge in [0.15, 0.2) is 0 Å². The molecule has 0 aromatic carbocycles. The molecule has 3 rings (SSSR count). The van der Waals surface area contributed by atoms with Crippen LogP contribution in [0.3, 0.4) is 0 Å². The van der Waals surface area contributed by atoms with Crippen molar-refractivity contribution in [3.05, 3.63) is 53.1 Å². The van der Waals surface area contributed by atoms with E-state index in [1.807, 2.05) is 0 Å². The van der Waals surface area contributed by atoms with Gasteiger partial charge in [0, 0.05) is 30.1 Å². The number of aromatic nitrogens is 3. The number of imidazole rings is 1. The summed E-state index contributed by atoms with van der Waals surface area (Å²) in [6.07, 6.45) is -1.62. The summed E-state index contributed by atoms with van der Waals surface area (Å²) in [7, 11) is 1.22. The van der Waals surface area contributed by atoms with E-state index in [2.05, 4.69) is 14.7 Å². The van der Waals surface area contributed by atoms with E-state index in [0.29, 0.717) is 5.69 Å². The van der Waals surface area contributed by atoms with Gasteiger partial charge in [-0.05, 0) is 25.1 Å². The number of carbonyl (C=O) groups excluding carboxylic acids is 1. The van der Waals surface area contributed by atoms with Crippen molar-refractivity contribution in [2.24, 2.45) is 5.73 Å². The van der Waals surface area contributed by atoms with Crippen molar-refractivity contribution >= 4 is 11.6 Å². The summed E-state index contributed by atoms with van der Waals surface area (Å²) in [6.45, 7) is 1.47. The number of nitrogens with zero attached hydrogens (tertiary/aromatic N) is 4. The first-order valence-electron chi connectivity index (χ1n) is 8.45. The number of carbonyl (C=O) groups is 1. The molecule has 0 spiro atoms. The van der Waals surface area contributed by atoms with Crippen molar-refractivity contribution in [1.29, 1.82) is 5.26 Å². The molecule has 0 fully saturated rings.